The van der Waals surface area contributed by atoms with Crippen molar-refractivity contribution in [2.75, 3.05) is 11.9 Å². The number of hydrogen-bond acceptors (Lipinski definition) is 4. The van der Waals surface area contributed by atoms with Gasteiger partial charge in [0, 0.05) is 11.4 Å². The van der Waals surface area contributed by atoms with Gasteiger partial charge in [-0.15, -0.1) is 11.3 Å². The summed E-state index contributed by atoms with van der Waals surface area (Å²) >= 11 is 7.67. The maximum atomic E-state index is 6.01. The van der Waals surface area contributed by atoms with E-state index >= 15 is 0 Å². The Morgan fingerprint density at radius 3 is 2.84 bits per heavy atom. The fraction of sp³-hybridized carbons (Fsp3) is 0.571. The molecule has 0 saturated heterocycles. The van der Waals surface area contributed by atoms with Gasteiger partial charge in [0.1, 0.15) is 10.6 Å². The number of nitrogens with zero attached hydrogens (tertiary/aromatic N) is 2. The first kappa shape index (κ1) is 13.1. The lowest BCUT2D eigenvalue weighted by molar-refractivity contribution is 0.145. The lowest BCUT2D eigenvalue weighted by atomic mass is 9.67. The number of fused-ring (bicyclic) bond motifs is 1. The van der Waals surface area contributed by atoms with Crippen molar-refractivity contribution in [1.82, 2.24) is 9.97 Å². The Morgan fingerprint density at radius 2 is 2.21 bits per heavy atom. The maximum absolute atomic E-state index is 6.01. The zero-order chi connectivity index (χ0) is 13.5. The molecule has 2 heterocycles. The van der Waals surface area contributed by atoms with E-state index in [1.807, 2.05) is 0 Å². The third kappa shape index (κ3) is 2.43. The van der Waals surface area contributed by atoms with Crippen LogP contribution in [0.3, 0.4) is 0 Å². The van der Waals surface area contributed by atoms with Crippen molar-refractivity contribution < 1.29 is 0 Å². The molecular weight excluding hydrogens is 278 g/mol. The monoisotopic (exact) mass is 295 g/mol. The van der Waals surface area contributed by atoms with Crippen LogP contribution in [-0.4, -0.2) is 16.5 Å². The predicted molar refractivity (Wildman–Crippen MR) is 82.2 cm³/mol. The van der Waals surface area contributed by atoms with Crippen LogP contribution in [0.15, 0.2) is 6.07 Å². The van der Waals surface area contributed by atoms with Gasteiger partial charge >= 0.3 is 0 Å². The number of hydrogen-bond donors (Lipinski definition) is 1. The van der Waals surface area contributed by atoms with Gasteiger partial charge in [0.2, 0.25) is 5.28 Å². The Balaban J connectivity index is 1.87. The molecule has 1 saturated carbocycles. The first-order valence-corrected chi connectivity index (χ1v) is 7.99. The minimum absolute atomic E-state index is 0.330. The molecule has 0 bridgehead atoms. The molecule has 2 aromatic rings. The summed E-state index contributed by atoms with van der Waals surface area (Å²) in [6.45, 7) is 5.35. The fourth-order valence-electron chi connectivity index (χ4n) is 2.75. The van der Waals surface area contributed by atoms with Crippen LogP contribution in [0, 0.1) is 12.3 Å². The SMILES string of the molecule is CCC1(CNc2nc(Cl)nc3sc(C)cc23)CCC1. The minimum atomic E-state index is 0.330. The maximum Gasteiger partial charge on any atom is 0.225 e. The Morgan fingerprint density at radius 1 is 1.42 bits per heavy atom. The van der Waals surface area contributed by atoms with Gasteiger partial charge in [-0.2, -0.15) is 0 Å². The molecule has 2 aromatic heterocycles. The van der Waals surface area contributed by atoms with Gasteiger partial charge in [-0.25, -0.2) is 9.97 Å². The first-order chi connectivity index (χ1) is 9.12. The van der Waals surface area contributed by atoms with Gasteiger partial charge in [0.15, 0.2) is 0 Å². The smallest absolute Gasteiger partial charge is 0.225 e. The number of anilines is 1. The van der Waals surface area contributed by atoms with E-state index in [1.165, 1.54) is 30.6 Å². The van der Waals surface area contributed by atoms with E-state index < -0.39 is 0 Å². The third-order valence-corrected chi connectivity index (χ3v) is 5.40. The molecule has 0 aliphatic heterocycles. The molecule has 0 radical (unpaired) electrons. The van der Waals surface area contributed by atoms with Crippen molar-refractivity contribution in [2.45, 2.75) is 39.5 Å². The Hall–Kier alpha value is -0.870. The van der Waals surface area contributed by atoms with Gasteiger partial charge in [-0.05, 0) is 49.3 Å². The summed E-state index contributed by atoms with van der Waals surface area (Å²) in [5.74, 6) is 0.888. The van der Waals surface area contributed by atoms with Gasteiger partial charge < -0.3 is 5.32 Å². The van der Waals surface area contributed by atoms with Crippen molar-refractivity contribution >= 4 is 39.0 Å². The molecule has 1 fully saturated rings. The zero-order valence-corrected chi connectivity index (χ0v) is 12.9. The summed E-state index contributed by atoms with van der Waals surface area (Å²) in [5.41, 5.74) is 0.467. The van der Waals surface area contributed by atoms with Crippen LogP contribution in [0.2, 0.25) is 5.28 Å². The molecular formula is C14H18ClN3S. The average Bonchev–Trinajstić information content (AvgIpc) is 2.68. The van der Waals surface area contributed by atoms with Crippen LogP contribution in [0.1, 0.15) is 37.5 Å². The topological polar surface area (TPSA) is 37.8 Å². The third-order valence-electron chi connectivity index (χ3n) is 4.28. The van der Waals surface area contributed by atoms with Crippen LogP contribution in [0.5, 0.6) is 0 Å². The van der Waals surface area contributed by atoms with E-state index in [9.17, 15) is 0 Å². The zero-order valence-electron chi connectivity index (χ0n) is 11.3. The molecule has 3 nitrogen and oxygen atoms in total. The van der Waals surface area contributed by atoms with Crippen molar-refractivity contribution in [3.63, 3.8) is 0 Å². The number of rotatable bonds is 4. The molecule has 0 unspecified atom stereocenters. The van der Waals surface area contributed by atoms with E-state index in [4.69, 9.17) is 11.6 Å². The molecule has 102 valence electrons. The summed E-state index contributed by atoms with van der Waals surface area (Å²) in [5, 5.41) is 4.93. The second-order valence-corrected chi connectivity index (χ2v) is 7.05. The van der Waals surface area contributed by atoms with E-state index in [1.54, 1.807) is 11.3 Å². The fourth-order valence-corrected chi connectivity index (χ4v) is 3.85. The Kier molecular flexibility index (Phi) is 3.39. The largest absolute Gasteiger partial charge is 0.369 e. The van der Waals surface area contributed by atoms with Crippen molar-refractivity contribution in [1.29, 1.82) is 0 Å². The summed E-state index contributed by atoms with van der Waals surface area (Å²) in [4.78, 5) is 10.9. The summed E-state index contributed by atoms with van der Waals surface area (Å²) in [6, 6.07) is 2.14. The Labute approximate surface area is 122 Å². The second kappa shape index (κ2) is 4.91. The van der Waals surface area contributed by atoms with Crippen LogP contribution in [0.25, 0.3) is 10.2 Å². The lowest BCUT2D eigenvalue weighted by Gasteiger charge is -2.41. The van der Waals surface area contributed by atoms with Crippen LogP contribution < -0.4 is 5.32 Å². The summed E-state index contributed by atoms with van der Waals surface area (Å²) in [7, 11) is 0. The van der Waals surface area contributed by atoms with Gasteiger partial charge in [0.05, 0.1) is 5.39 Å². The second-order valence-electron chi connectivity index (χ2n) is 5.48. The van der Waals surface area contributed by atoms with Crippen molar-refractivity contribution in [3.05, 3.63) is 16.2 Å². The highest BCUT2D eigenvalue weighted by Crippen LogP contribution is 2.44. The lowest BCUT2D eigenvalue weighted by Crippen LogP contribution is -2.36. The van der Waals surface area contributed by atoms with Crippen LogP contribution in [0.4, 0.5) is 5.82 Å². The van der Waals surface area contributed by atoms with E-state index in [2.05, 4.69) is 35.2 Å². The van der Waals surface area contributed by atoms with Gasteiger partial charge in [0.25, 0.3) is 0 Å². The summed E-state index contributed by atoms with van der Waals surface area (Å²) in [6.07, 6.45) is 5.22. The van der Waals surface area contributed by atoms with E-state index in [0.29, 0.717) is 10.7 Å². The number of nitrogens with one attached hydrogen (secondary N) is 1. The highest BCUT2D eigenvalue weighted by atomic mass is 35.5. The average molecular weight is 296 g/mol. The van der Waals surface area contributed by atoms with E-state index in [-0.39, 0.29) is 0 Å². The highest BCUT2D eigenvalue weighted by Gasteiger charge is 2.34. The number of aromatic nitrogens is 2. The first-order valence-electron chi connectivity index (χ1n) is 6.79. The van der Waals surface area contributed by atoms with Crippen molar-refractivity contribution in [2.24, 2.45) is 5.41 Å². The molecule has 3 rings (SSSR count). The number of aryl methyl sites for hydroxylation is 1. The number of thiophene rings is 1. The molecule has 1 aliphatic carbocycles. The van der Waals surface area contributed by atoms with E-state index in [0.717, 1.165) is 22.6 Å². The highest BCUT2D eigenvalue weighted by molar-refractivity contribution is 7.18. The summed E-state index contributed by atoms with van der Waals surface area (Å²) < 4.78 is 0. The van der Waals surface area contributed by atoms with Gasteiger partial charge in [-0.1, -0.05) is 13.3 Å². The van der Waals surface area contributed by atoms with Gasteiger partial charge in [-0.3, -0.25) is 0 Å². The molecule has 1 N–H and O–H groups in total. The predicted octanol–water partition coefficient (Wildman–Crippen LogP) is 4.65. The van der Waals surface area contributed by atoms with Crippen LogP contribution in [-0.2, 0) is 0 Å². The molecule has 0 atom stereocenters. The molecule has 5 heteroatoms. The molecule has 19 heavy (non-hydrogen) atoms. The number of halogens is 1. The molecule has 0 amide bonds. The minimum Gasteiger partial charge on any atom is -0.369 e. The van der Waals surface area contributed by atoms with Crippen LogP contribution >= 0.6 is 22.9 Å². The standard InChI is InChI=1S/C14H18ClN3S/c1-3-14(5-4-6-14)8-16-11-10-7-9(2)19-12(10)18-13(15)17-11/h7H,3-6,8H2,1-2H3,(H,16,17,18). The quantitative estimate of drug-likeness (QED) is 0.835. The Bertz CT molecular complexity index is 598. The molecule has 0 spiro atoms. The molecule has 1 aliphatic rings. The molecule has 0 aromatic carbocycles. The van der Waals surface area contributed by atoms with Crippen molar-refractivity contribution in [3.8, 4) is 0 Å². The normalized spacial score (nSPS) is 17.4.